The first kappa shape index (κ1) is 13.3. The maximum Gasteiger partial charge on any atom is 0.150 e. The summed E-state index contributed by atoms with van der Waals surface area (Å²) < 4.78 is 7.45. The van der Waals surface area contributed by atoms with Crippen LogP contribution < -0.4 is 5.32 Å². The number of rotatable bonds is 8. The van der Waals surface area contributed by atoms with E-state index in [-0.39, 0.29) is 0 Å². The highest BCUT2D eigenvalue weighted by Crippen LogP contribution is 2.22. The molecule has 4 nitrogen and oxygen atoms in total. The number of hydrogen-bond acceptors (Lipinski definition) is 4. The van der Waals surface area contributed by atoms with Gasteiger partial charge in [0.2, 0.25) is 0 Å². The van der Waals surface area contributed by atoms with Crippen LogP contribution in [0.5, 0.6) is 0 Å². The average Bonchev–Trinajstić information content (AvgIpc) is 3.03. The smallest absolute Gasteiger partial charge is 0.150 e. The van der Waals surface area contributed by atoms with Gasteiger partial charge >= 0.3 is 0 Å². The predicted octanol–water partition coefficient (Wildman–Crippen LogP) is 2.24. The molecule has 2 aromatic heterocycles. The van der Waals surface area contributed by atoms with E-state index in [2.05, 4.69) is 32.4 Å². The van der Waals surface area contributed by atoms with Gasteiger partial charge in [-0.25, -0.2) is 4.98 Å². The minimum atomic E-state index is 0.776. The van der Waals surface area contributed by atoms with Gasteiger partial charge in [0.05, 0.1) is 11.5 Å². The zero-order valence-corrected chi connectivity index (χ0v) is 11.4. The number of hydrogen-bond donors (Lipinski definition) is 1. The molecule has 0 radical (unpaired) electrons. The fraction of sp³-hybridized carbons (Fsp3) is 0.462. The predicted molar refractivity (Wildman–Crippen MR) is 74.9 cm³/mol. The lowest BCUT2D eigenvalue weighted by Crippen LogP contribution is -2.24. The Morgan fingerprint density at radius 3 is 3.17 bits per heavy atom. The topological polar surface area (TPSA) is 39.1 Å². The van der Waals surface area contributed by atoms with Crippen LogP contribution in [0.2, 0.25) is 0 Å². The van der Waals surface area contributed by atoms with Crippen molar-refractivity contribution in [1.29, 1.82) is 0 Å². The standard InChI is InChI=1S/C13H19N3OS/c1-2-17-10-7-14-5-8-16-9-6-15-13(16)12-4-3-11-18-12/h3-4,6,9,11,14H,2,5,7-8,10H2,1H3. The van der Waals surface area contributed by atoms with E-state index in [0.717, 1.165) is 38.7 Å². The van der Waals surface area contributed by atoms with Gasteiger partial charge in [-0.2, -0.15) is 0 Å². The first-order valence-electron chi connectivity index (χ1n) is 6.25. The summed E-state index contributed by atoms with van der Waals surface area (Å²) in [5.41, 5.74) is 0. The van der Waals surface area contributed by atoms with E-state index in [0.29, 0.717) is 0 Å². The van der Waals surface area contributed by atoms with E-state index in [1.807, 2.05) is 19.3 Å². The molecule has 1 N–H and O–H groups in total. The summed E-state index contributed by atoms with van der Waals surface area (Å²) in [6.07, 6.45) is 3.88. The van der Waals surface area contributed by atoms with Gasteiger partial charge in [-0.1, -0.05) is 6.07 Å². The monoisotopic (exact) mass is 265 g/mol. The molecule has 0 aromatic carbocycles. The summed E-state index contributed by atoms with van der Waals surface area (Å²) in [4.78, 5) is 5.62. The highest BCUT2D eigenvalue weighted by molar-refractivity contribution is 7.13. The SMILES string of the molecule is CCOCCNCCn1ccnc1-c1cccs1. The van der Waals surface area contributed by atoms with Crippen LogP contribution in [0, 0.1) is 0 Å². The van der Waals surface area contributed by atoms with E-state index >= 15 is 0 Å². The molecule has 0 saturated heterocycles. The molecule has 0 spiro atoms. The molecular formula is C13H19N3OS. The van der Waals surface area contributed by atoms with Gasteiger partial charge in [-0.05, 0) is 18.4 Å². The van der Waals surface area contributed by atoms with Crippen molar-refractivity contribution in [2.24, 2.45) is 0 Å². The molecule has 0 amide bonds. The number of aromatic nitrogens is 2. The van der Waals surface area contributed by atoms with Crippen molar-refractivity contribution in [2.75, 3.05) is 26.3 Å². The summed E-state index contributed by atoms with van der Waals surface area (Å²) >= 11 is 1.72. The summed E-state index contributed by atoms with van der Waals surface area (Å²) in [5.74, 6) is 1.05. The lowest BCUT2D eigenvalue weighted by atomic mass is 10.4. The Bertz CT molecular complexity index is 439. The van der Waals surface area contributed by atoms with Crippen LogP contribution in [0.15, 0.2) is 29.9 Å². The fourth-order valence-electron chi connectivity index (χ4n) is 1.73. The summed E-state index contributed by atoms with van der Waals surface area (Å²) in [7, 11) is 0. The van der Waals surface area contributed by atoms with Crippen LogP contribution in [0.4, 0.5) is 0 Å². The van der Waals surface area contributed by atoms with Gasteiger partial charge in [0, 0.05) is 38.6 Å². The van der Waals surface area contributed by atoms with E-state index in [1.165, 1.54) is 4.88 Å². The molecule has 0 atom stereocenters. The zero-order valence-electron chi connectivity index (χ0n) is 10.6. The molecule has 2 heterocycles. The maximum absolute atomic E-state index is 5.27. The van der Waals surface area contributed by atoms with E-state index in [4.69, 9.17) is 4.74 Å². The number of nitrogens with one attached hydrogen (secondary N) is 1. The molecule has 0 aliphatic rings. The third-order valence-electron chi connectivity index (χ3n) is 2.61. The molecule has 0 unspecified atom stereocenters. The van der Waals surface area contributed by atoms with Crippen molar-refractivity contribution >= 4 is 11.3 Å². The quantitative estimate of drug-likeness (QED) is 0.744. The van der Waals surface area contributed by atoms with Crippen molar-refractivity contribution in [3.63, 3.8) is 0 Å². The molecule has 98 valence electrons. The van der Waals surface area contributed by atoms with Gasteiger partial charge in [-0.15, -0.1) is 11.3 Å². The molecule has 0 aliphatic heterocycles. The number of imidazole rings is 1. The second-order valence-electron chi connectivity index (χ2n) is 3.87. The van der Waals surface area contributed by atoms with E-state index in [9.17, 15) is 0 Å². The fourth-order valence-corrected chi connectivity index (χ4v) is 2.47. The Kier molecular flexibility index (Phi) is 5.38. The Morgan fingerprint density at radius 2 is 2.39 bits per heavy atom. The molecule has 0 fully saturated rings. The van der Waals surface area contributed by atoms with Crippen LogP contribution in [-0.4, -0.2) is 35.9 Å². The first-order chi connectivity index (χ1) is 8.92. The zero-order chi connectivity index (χ0) is 12.6. The third kappa shape index (κ3) is 3.66. The number of nitrogens with zero attached hydrogens (tertiary/aromatic N) is 2. The van der Waals surface area contributed by atoms with Gasteiger partial charge < -0.3 is 14.6 Å². The van der Waals surface area contributed by atoms with Crippen molar-refractivity contribution in [1.82, 2.24) is 14.9 Å². The Hall–Kier alpha value is -1.17. The minimum Gasteiger partial charge on any atom is -0.380 e. The van der Waals surface area contributed by atoms with Gasteiger partial charge in [0.25, 0.3) is 0 Å². The first-order valence-corrected chi connectivity index (χ1v) is 7.13. The molecule has 0 saturated carbocycles. The second-order valence-corrected chi connectivity index (χ2v) is 4.82. The van der Waals surface area contributed by atoms with Crippen molar-refractivity contribution in [3.8, 4) is 10.7 Å². The van der Waals surface area contributed by atoms with E-state index < -0.39 is 0 Å². The van der Waals surface area contributed by atoms with Crippen LogP contribution >= 0.6 is 11.3 Å². The molecular weight excluding hydrogens is 246 g/mol. The molecule has 18 heavy (non-hydrogen) atoms. The molecule has 0 bridgehead atoms. The van der Waals surface area contributed by atoms with Crippen molar-refractivity contribution in [3.05, 3.63) is 29.9 Å². The molecule has 0 aliphatic carbocycles. The van der Waals surface area contributed by atoms with Crippen LogP contribution in [0.25, 0.3) is 10.7 Å². The lowest BCUT2D eigenvalue weighted by Gasteiger charge is -2.08. The number of thiophene rings is 1. The van der Waals surface area contributed by atoms with Crippen LogP contribution in [0.1, 0.15) is 6.92 Å². The van der Waals surface area contributed by atoms with Gasteiger partial charge in [0.1, 0.15) is 5.82 Å². The highest BCUT2D eigenvalue weighted by atomic mass is 32.1. The normalized spacial score (nSPS) is 10.9. The molecule has 2 aromatic rings. The summed E-state index contributed by atoms with van der Waals surface area (Å²) in [6.45, 7) is 6.33. The third-order valence-corrected chi connectivity index (χ3v) is 3.48. The molecule has 5 heteroatoms. The number of ether oxygens (including phenoxy) is 1. The Labute approximate surface area is 112 Å². The van der Waals surface area contributed by atoms with Crippen LogP contribution in [-0.2, 0) is 11.3 Å². The highest BCUT2D eigenvalue weighted by Gasteiger charge is 2.05. The van der Waals surface area contributed by atoms with Gasteiger partial charge in [0.15, 0.2) is 0 Å². The lowest BCUT2D eigenvalue weighted by molar-refractivity contribution is 0.149. The van der Waals surface area contributed by atoms with E-state index in [1.54, 1.807) is 11.3 Å². The van der Waals surface area contributed by atoms with Crippen LogP contribution in [0.3, 0.4) is 0 Å². The average molecular weight is 265 g/mol. The van der Waals surface area contributed by atoms with Gasteiger partial charge in [-0.3, -0.25) is 0 Å². The Morgan fingerprint density at radius 1 is 1.44 bits per heavy atom. The van der Waals surface area contributed by atoms with Crippen molar-refractivity contribution < 1.29 is 4.74 Å². The Balaban J connectivity index is 1.78. The minimum absolute atomic E-state index is 0.776. The summed E-state index contributed by atoms with van der Waals surface area (Å²) in [5, 5.41) is 5.44. The maximum atomic E-state index is 5.27. The largest absolute Gasteiger partial charge is 0.380 e. The second kappa shape index (κ2) is 7.31. The molecule has 2 rings (SSSR count). The summed E-state index contributed by atoms with van der Waals surface area (Å²) in [6, 6.07) is 4.16. The van der Waals surface area contributed by atoms with Crippen molar-refractivity contribution in [2.45, 2.75) is 13.5 Å².